The molecule has 9 aliphatic rings. The molecule has 6 unspecified atom stereocenters. The molecule has 9 aliphatic heterocycles. The highest BCUT2D eigenvalue weighted by Gasteiger charge is 2.63. The number of alkyl halides is 1. The number of phosphoric ester groups is 6. The van der Waals surface area contributed by atoms with Gasteiger partial charge in [-0.05, 0) is 19.1 Å². The average Bonchev–Trinajstić information content (AvgIpc) is 1.58. The van der Waals surface area contributed by atoms with Crippen LogP contribution in [0.3, 0.4) is 0 Å². The second-order valence-corrected chi connectivity index (χ2v) is 39.5. The van der Waals surface area contributed by atoms with E-state index >= 15 is 4.39 Å². The minimum absolute atomic E-state index is 0.0198. The highest BCUT2D eigenvalue weighted by atomic mass is 31.2. The minimum Gasteiger partial charge on any atom is -0.397 e. The molecule has 136 heavy (non-hydrogen) atoms. The van der Waals surface area contributed by atoms with Crippen LogP contribution in [0.4, 0.5) is 33.5 Å². The second-order valence-electron chi connectivity index (χ2n) is 31.0. The number of aliphatic hydroxyl groups excluding tert-OH is 6. The Morgan fingerprint density at radius 1 is 0.375 bits per heavy atom. The van der Waals surface area contributed by atoms with Gasteiger partial charge in [0.15, 0.2) is 93.6 Å². The number of pyridine rings is 2. The lowest BCUT2D eigenvalue weighted by molar-refractivity contribution is -0.204. The van der Waals surface area contributed by atoms with E-state index in [-0.39, 0.29) is 102 Å². The summed E-state index contributed by atoms with van der Waals surface area (Å²) in [4.78, 5) is 160. The number of nitrogens with zero attached hydrogens (tertiary/aromatic N) is 19. The van der Waals surface area contributed by atoms with E-state index in [0.29, 0.717) is 0 Å². The van der Waals surface area contributed by atoms with Gasteiger partial charge in [0.05, 0.1) is 88.7 Å². The van der Waals surface area contributed by atoms with Crippen molar-refractivity contribution in [1.82, 2.24) is 107 Å². The van der Waals surface area contributed by atoms with Crippen molar-refractivity contribution in [3.05, 3.63) is 106 Å². The zero-order valence-electron chi connectivity index (χ0n) is 68.2. The lowest BCUT2D eigenvalue weighted by Crippen LogP contribution is -2.43. The zero-order chi connectivity index (χ0) is 96.4. The summed E-state index contributed by atoms with van der Waals surface area (Å²) < 4.78 is 198. The van der Waals surface area contributed by atoms with E-state index in [2.05, 4.69) is 79.7 Å². The van der Waals surface area contributed by atoms with E-state index in [4.69, 9.17) is 111 Å². The molecule has 0 spiro atoms. The number of aromatic amines is 3. The quantitative estimate of drug-likeness (QED) is 0.0695. The van der Waals surface area contributed by atoms with Crippen LogP contribution < -0.4 is 45.3 Å². The van der Waals surface area contributed by atoms with Crippen molar-refractivity contribution in [3.63, 3.8) is 0 Å². The van der Waals surface area contributed by atoms with Crippen molar-refractivity contribution >= 4 is 143 Å². The predicted molar refractivity (Wildman–Crippen MR) is 435 cm³/mol. The maximum atomic E-state index is 16.2. The van der Waals surface area contributed by atoms with Crippen LogP contribution in [0.15, 0.2) is 83.2 Å². The molecule has 21 heterocycles. The van der Waals surface area contributed by atoms with Crippen LogP contribution in [-0.2, 0) is 110 Å². The largest absolute Gasteiger partial charge is 0.472 e. The molecule has 73 heteroatoms. The van der Waals surface area contributed by atoms with Crippen LogP contribution in [-0.4, -0.2) is 316 Å². The fourth-order valence-electron chi connectivity index (χ4n) is 16.1. The number of aliphatic hydroxyl groups is 6. The summed E-state index contributed by atoms with van der Waals surface area (Å²) in [5.74, 6) is -3.73. The number of imidazole rings is 6. The van der Waals surface area contributed by atoms with Gasteiger partial charge >= 0.3 is 46.9 Å². The number of hydrogen-bond acceptors (Lipinski definition) is 51. The average molecular weight is 2040 g/mol. The van der Waals surface area contributed by atoms with Gasteiger partial charge in [0.1, 0.15) is 133 Å². The third-order valence-electron chi connectivity index (χ3n) is 22.3. The van der Waals surface area contributed by atoms with E-state index in [1.54, 1.807) is 6.92 Å². The van der Waals surface area contributed by atoms with E-state index in [9.17, 15) is 102 Å². The molecule has 66 nitrogen and oxygen atoms in total. The molecule has 9 fully saturated rings. The standard InChI is InChI=1S/C21H24FN9O13P2.2C21H25N9O13P2/c22-21-4-40-46(37,38)43-12-8(41-18(11(12)32)30-5-26-9-7(23)1-2-25-15(9)30)3-39-45(35,36)44-13(14(21)33)19(42-21)31-6-27-10-16(31)28-20(24)29-17(10)34;1-7-27-16(22)10-18(28-7)30(5-25-10)20-13(32)14-9(41-20)3-39-45(36,37)43-15-12(31)8(2-38-44(34,35)42-14)40-21(15)29-6-26-11-17(29)23-4-24-19(11)33;22-7-1-2-24-16-10(7)25-5-29(16)19-13(32)14-9(41-19)4-39-45(36,37)43-15-12(31)8(3-38-44(34,35)42-14)40-20(15)30-6-26-11-17(30)27-21(23)28-18(11)33/h1-2,5-6,8,11-14,18-19,32-33H,3-4H2,(H2,23,25)(H,35,36)(H,37,38)(H3,24,28,29,34);4-6,8-9,12-15,20-21,31-32H,2-3H2,1H3,(H,34,35)(H,36,37)(H2,22,27,28)(H,23,24,33);1-2,5-6,8-9,12-15,19-20,31-32H,3-4H2,(H2,22,24)(H,34,35)(H,36,37)(H3,23,27,28,33)/t8-,11-,12-,13-,14+,18-,19-,21-;8-,9-,12-,13-,14-,15-,20-,21-;8-,9-,12-,13+,14-,15-,19-,20-/m111/s1. The summed E-state index contributed by atoms with van der Waals surface area (Å²) in [6, 6.07) is 2.99. The molecule has 9 saturated heterocycles. The summed E-state index contributed by atoms with van der Waals surface area (Å²) in [6.45, 7) is -4.10. The summed E-state index contributed by atoms with van der Waals surface area (Å²) in [5, 5.41) is 66.3. The van der Waals surface area contributed by atoms with E-state index in [1.165, 1.54) is 61.8 Å². The molecular formula is C63H74FN27O39P6. The van der Waals surface area contributed by atoms with Crippen molar-refractivity contribution < 1.29 is 174 Å². The predicted octanol–water partition coefficient (Wildman–Crippen LogP) is -4.79. The molecular weight excluding hydrogens is 1960 g/mol. The monoisotopic (exact) mass is 2040 g/mol. The molecule has 732 valence electrons. The highest BCUT2D eigenvalue weighted by Crippen LogP contribution is 2.60. The Kier molecular flexibility index (Phi) is 24.7. The van der Waals surface area contributed by atoms with Crippen LogP contribution in [0.2, 0.25) is 0 Å². The van der Waals surface area contributed by atoms with Crippen molar-refractivity contribution in [2.24, 2.45) is 0 Å². The molecule has 0 aromatic carbocycles. The Labute approximate surface area is 749 Å². The SMILES string of the molecule is Cc1nc(N)c2ncn([C@@H]3O[C@@H]4COP(=O)(O)O[C@@H]5[C@H](O)[C@@H](COP(=O)(O)O[C@H]4[C@H]3O)O[C@H]5n3cnc4c(=O)[nH]cnc43)c2n1.Nc1nc2c(ncn2[C@@H]2O[C@@H]3COP(=O)(O)O[C@H]4[C@H](O)[C@H](n5cnc6c(N)ccnc65)O[C@@H]4COP(=O)(O)O[C@@H]2[C@@H]3O)c(=O)[nH]1.Nc1nc2c(ncn2[C@@H]2O[C@]3(F)COP(=O)(O)O[C@H]4[C@@H](O)[C@H](n5cnc6c(N)ccnc65)O[C@@H]4COP(=O)(O)O[C@@H]2[C@@H]3O)c(=O)[nH]1. The minimum atomic E-state index is -5.34. The first-order chi connectivity index (χ1) is 64.3. The summed E-state index contributed by atoms with van der Waals surface area (Å²) in [6.07, 6.45) is -27.4. The lowest BCUT2D eigenvalue weighted by Gasteiger charge is -2.26. The van der Waals surface area contributed by atoms with Gasteiger partial charge in [0.2, 0.25) is 11.9 Å². The fraction of sp³-hybridized carbons (Fsp3) is 0.492. The number of hydrogen-bond donors (Lipinski definition) is 20. The van der Waals surface area contributed by atoms with Crippen LogP contribution in [0.5, 0.6) is 0 Å². The van der Waals surface area contributed by atoms with Gasteiger partial charge in [-0.1, -0.05) is 0 Å². The first-order valence-corrected chi connectivity index (χ1v) is 48.4. The number of nitrogen functional groups attached to an aromatic ring is 5. The molecule has 30 atom stereocenters. The summed E-state index contributed by atoms with van der Waals surface area (Å²) in [7, 11) is -30.9. The number of aromatic nitrogens is 22. The van der Waals surface area contributed by atoms with Crippen molar-refractivity contribution in [2.75, 3.05) is 68.3 Å². The number of fused-ring (bicyclic) bond motifs is 15. The van der Waals surface area contributed by atoms with E-state index < -0.39 is 250 Å². The second kappa shape index (κ2) is 35.4. The molecule has 12 aromatic heterocycles. The van der Waals surface area contributed by atoms with E-state index in [0.717, 1.165) is 34.4 Å². The van der Waals surface area contributed by atoms with Crippen LogP contribution in [0, 0.1) is 6.92 Å². The fourth-order valence-corrected chi connectivity index (χ4v) is 21.8. The van der Waals surface area contributed by atoms with Gasteiger partial charge in [-0.25, -0.2) is 86.6 Å². The molecule has 0 radical (unpaired) electrons. The topological polar surface area (TPSA) is 937 Å². The van der Waals surface area contributed by atoms with Gasteiger partial charge in [0.25, 0.3) is 22.5 Å². The third-order valence-corrected chi connectivity index (χ3v) is 28.2. The third kappa shape index (κ3) is 17.9. The maximum absolute atomic E-state index is 16.2. The number of nitrogens with one attached hydrogen (secondary N) is 3. The normalized spacial score (nSPS) is 38.1. The number of H-pyrrole nitrogens is 3. The number of anilines is 5. The van der Waals surface area contributed by atoms with Crippen LogP contribution in [0.1, 0.15) is 43.2 Å². The first-order valence-electron chi connectivity index (χ1n) is 39.4. The first kappa shape index (κ1) is 94.9. The Bertz CT molecular complexity index is 7180. The lowest BCUT2D eigenvalue weighted by atomic mass is 10.1. The molecule has 6 bridgehead atoms. The molecule has 0 saturated carbocycles. The zero-order valence-corrected chi connectivity index (χ0v) is 73.6. The smallest absolute Gasteiger partial charge is 0.397 e. The summed E-state index contributed by atoms with van der Waals surface area (Å²) in [5.41, 5.74) is 27.7. The number of aryl methyl sites for hydroxylation is 1. The van der Waals surface area contributed by atoms with Gasteiger partial charge in [-0.15, -0.1) is 0 Å². The molecule has 21 rings (SSSR count). The van der Waals surface area contributed by atoms with Crippen LogP contribution in [0.25, 0.3) is 67.0 Å². The van der Waals surface area contributed by atoms with Gasteiger partial charge in [-0.2, -0.15) is 9.97 Å². The Balaban J connectivity index is 0.000000131. The Morgan fingerprint density at radius 2 is 0.699 bits per heavy atom. The number of phosphoric acid groups is 6. The number of nitrogens with two attached hydrogens (primary N) is 5. The summed E-state index contributed by atoms with van der Waals surface area (Å²) >= 11 is 0. The van der Waals surface area contributed by atoms with Crippen molar-refractivity contribution in [2.45, 2.75) is 154 Å². The Morgan fingerprint density at radius 3 is 1.12 bits per heavy atom. The van der Waals surface area contributed by atoms with Crippen molar-refractivity contribution in [1.29, 1.82) is 0 Å². The van der Waals surface area contributed by atoms with Gasteiger partial charge < -0.3 is 122 Å². The van der Waals surface area contributed by atoms with Crippen molar-refractivity contribution in [3.8, 4) is 0 Å². The van der Waals surface area contributed by atoms with Gasteiger partial charge in [0, 0.05) is 12.4 Å². The number of halogens is 1. The molecule has 0 aliphatic carbocycles. The number of ether oxygens (including phenoxy) is 6. The van der Waals surface area contributed by atoms with E-state index in [1.807, 2.05) is 0 Å². The highest BCUT2D eigenvalue weighted by molar-refractivity contribution is 7.48. The number of rotatable bonds is 6. The molecule has 12 aromatic rings. The molecule has 25 N–H and O–H groups in total. The van der Waals surface area contributed by atoms with Crippen LogP contribution >= 0.6 is 46.9 Å². The maximum Gasteiger partial charge on any atom is 0.472 e. The Hall–Kier alpha value is -10.0. The van der Waals surface area contributed by atoms with Gasteiger partial charge in [-0.3, -0.25) is 106 Å². The molecule has 0 amide bonds.